The summed E-state index contributed by atoms with van der Waals surface area (Å²) in [6.45, 7) is 4.06. The van der Waals surface area contributed by atoms with E-state index >= 15 is 0 Å². The summed E-state index contributed by atoms with van der Waals surface area (Å²) in [5.74, 6) is 1.11. The molecule has 2 aromatic heterocycles. The molecule has 2 atom stereocenters. The van der Waals surface area contributed by atoms with Crippen LogP contribution in [-0.2, 0) is 11.2 Å². The summed E-state index contributed by atoms with van der Waals surface area (Å²) in [7, 11) is 4.09. The minimum atomic E-state index is -0.495. The first-order valence-electron chi connectivity index (χ1n) is 12.5. The van der Waals surface area contributed by atoms with Crippen molar-refractivity contribution < 1.29 is 4.79 Å². The largest absolute Gasteiger partial charge is 0.383 e. The van der Waals surface area contributed by atoms with Crippen LogP contribution in [-0.4, -0.2) is 47.0 Å². The molecule has 0 bridgehead atoms. The Bertz CT molecular complexity index is 1310. The predicted molar refractivity (Wildman–Crippen MR) is 151 cm³/mol. The molecule has 3 heterocycles. The Morgan fingerprint density at radius 1 is 1.27 bits per heavy atom. The van der Waals surface area contributed by atoms with E-state index in [-0.39, 0.29) is 0 Å². The number of carbonyl (C=O) groups excluding carboxylic acids is 1. The highest BCUT2D eigenvalue weighted by molar-refractivity contribution is 5.82. The summed E-state index contributed by atoms with van der Waals surface area (Å²) in [6.07, 6.45) is 8.69. The number of carbonyl (C=O) groups is 1. The van der Waals surface area contributed by atoms with Gasteiger partial charge in [-0.2, -0.15) is 0 Å². The Kier molecular flexibility index (Phi) is 7.98. The Morgan fingerprint density at radius 2 is 2.03 bits per heavy atom. The second-order valence-electron chi connectivity index (χ2n) is 9.84. The van der Waals surface area contributed by atoms with E-state index < -0.39 is 6.04 Å². The van der Waals surface area contributed by atoms with E-state index in [9.17, 15) is 4.79 Å². The number of nitrogens with zero attached hydrogens (tertiary/aromatic N) is 3. The van der Waals surface area contributed by atoms with Gasteiger partial charge in [-0.05, 0) is 94.0 Å². The van der Waals surface area contributed by atoms with Crippen LogP contribution in [0.3, 0.4) is 0 Å². The lowest BCUT2D eigenvalue weighted by Gasteiger charge is -2.23. The fourth-order valence-corrected chi connectivity index (χ4v) is 4.27. The van der Waals surface area contributed by atoms with Crippen LogP contribution >= 0.6 is 0 Å². The van der Waals surface area contributed by atoms with Crippen LogP contribution < -0.4 is 16.4 Å². The van der Waals surface area contributed by atoms with Gasteiger partial charge in [0, 0.05) is 41.2 Å². The molecule has 8 heteroatoms. The molecule has 3 aromatic rings. The van der Waals surface area contributed by atoms with Gasteiger partial charge in [-0.3, -0.25) is 0 Å². The zero-order valence-electron chi connectivity index (χ0n) is 21.9. The maximum Gasteiger partial charge on any atom is 0.146 e. The highest BCUT2D eigenvalue weighted by Gasteiger charge is 2.23. The van der Waals surface area contributed by atoms with Gasteiger partial charge in [-0.25, -0.2) is 9.97 Å². The molecule has 0 fully saturated rings. The van der Waals surface area contributed by atoms with Gasteiger partial charge in [0.2, 0.25) is 0 Å². The molecule has 2 unspecified atom stereocenters. The Labute approximate surface area is 218 Å². The number of aromatic nitrogens is 2. The molecule has 1 aliphatic rings. The van der Waals surface area contributed by atoms with E-state index in [0.29, 0.717) is 17.7 Å². The molecule has 0 saturated carbocycles. The molecular weight excluding hydrogens is 462 g/mol. The standard InChI is InChI=1S/C29H35N7O/c1-18-13-22(16-33-28(18)31)25-15-21-11-12-32-26(17-37)27(21)29(35-25)34-24-9-6-20(7-10-24)5-8-23(30)14-19(2)36(3)4/h6-7,9-13,15-17,19,26,30,32H,5,8,14H2,1-4H3,(H2,31,33)(H,34,35). The topological polar surface area (TPSA) is 120 Å². The summed E-state index contributed by atoms with van der Waals surface area (Å²) < 4.78 is 0. The third-order valence-corrected chi connectivity index (χ3v) is 6.85. The van der Waals surface area contributed by atoms with Crippen LogP contribution in [0.1, 0.15) is 48.1 Å². The smallest absolute Gasteiger partial charge is 0.146 e. The van der Waals surface area contributed by atoms with Crippen LogP contribution in [0, 0.1) is 12.3 Å². The van der Waals surface area contributed by atoms with Crippen molar-refractivity contribution in [3.05, 3.63) is 71.0 Å². The van der Waals surface area contributed by atoms with Crippen LogP contribution in [0.25, 0.3) is 17.3 Å². The van der Waals surface area contributed by atoms with E-state index in [1.807, 2.05) is 51.4 Å². The van der Waals surface area contributed by atoms with Crippen molar-refractivity contribution in [2.24, 2.45) is 0 Å². The van der Waals surface area contributed by atoms with E-state index in [4.69, 9.17) is 16.1 Å². The summed E-state index contributed by atoms with van der Waals surface area (Å²) in [5, 5.41) is 14.8. The molecule has 0 saturated heterocycles. The second kappa shape index (κ2) is 11.3. The van der Waals surface area contributed by atoms with Gasteiger partial charge in [-0.1, -0.05) is 12.1 Å². The maximum atomic E-state index is 11.8. The van der Waals surface area contributed by atoms with Gasteiger partial charge in [0.1, 0.15) is 24.0 Å². The van der Waals surface area contributed by atoms with Crippen molar-refractivity contribution >= 4 is 35.4 Å². The molecule has 5 N–H and O–H groups in total. The Balaban J connectivity index is 1.56. The van der Waals surface area contributed by atoms with Crippen molar-refractivity contribution in [1.29, 1.82) is 5.41 Å². The molecule has 8 nitrogen and oxygen atoms in total. The first kappa shape index (κ1) is 26.0. The van der Waals surface area contributed by atoms with Crippen molar-refractivity contribution in [1.82, 2.24) is 20.2 Å². The SMILES string of the molecule is Cc1cc(-c2cc3c(c(Nc4ccc(CCC(=N)CC(C)N(C)C)cc4)n2)C(C=O)NC=C3)cnc1N. The number of anilines is 3. The summed E-state index contributed by atoms with van der Waals surface area (Å²) in [5.41, 5.74) is 12.9. The molecule has 192 valence electrons. The van der Waals surface area contributed by atoms with Crippen LogP contribution in [0.4, 0.5) is 17.3 Å². The number of hydrogen-bond acceptors (Lipinski definition) is 8. The van der Waals surface area contributed by atoms with Crippen molar-refractivity contribution in [3.8, 4) is 11.3 Å². The molecule has 1 aromatic carbocycles. The lowest BCUT2D eigenvalue weighted by molar-refractivity contribution is -0.109. The predicted octanol–water partition coefficient (Wildman–Crippen LogP) is 4.88. The zero-order valence-corrected chi connectivity index (χ0v) is 21.9. The van der Waals surface area contributed by atoms with Gasteiger partial charge in [0.05, 0.1) is 5.69 Å². The number of pyridine rings is 2. The van der Waals surface area contributed by atoms with Gasteiger partial charge in [-0.15, -0.1) is 0 Å². The monoisotopic (exact) mass is 497 g/mol. The lowest BCUT2D eigenvalue weighted by Crippen LogP contribution is -2.27. The number of rotatable bonds is 10. The minimum Gasteiger partial charge on any atom is -0.383 e. The van der Waals surface area contributed by atoms with Crippen molar-refractivity contribution in [3.63, 3.8) is 0 Å². The van der Waals surface area contributed by atoms with Crippen LogP contribution in [0.15, 0.2) is 48.8 Å². The molecule has 0 spiro atoms. The molecule has 0 amide bonds. The molecule has 37 heavy (non-hydrogen) atoms. The maximum absolute atomic E-state index is 11.8. The Morgan fingerprint density at radius 3 is 2.70 bits per heavy atom. The molecule has 4 rings (SSSR count). The average molecular weight is 498 g/mol. The van der Waals surface area contributed by atoms with Gasteiger partial charge >= 0.3 is 0 Å². The average Bonchev–Trinajstić information content (AvgIpc) is 2.89. The Hall–Kier alpha value is -4.04. The van der Waals surface area contributed by atoms with E-state index in [1.54, 1.807) is 12.4 Å². The van der Waals surface area contributed by atoms with Crippen molar-refractivity contribution in [2.75, 3.05) is 25.1 Å². The quantitative estimate of drug-likeness (QED) is 0.233. The number of hydrogen-bond donors (Lipinski definition) is 4. The van der Waals surface area contributed by atoms with E-state index in [2.05, 4.69) is 39.6 Å². The number of aryl methyl sites for hydroxylation is 2. The highest BCUT2D eigenvalue weighted by Crippen LogP contribution is 2.34. The number of nitrogen functional groups attached to an aromatic ring is 1. The third kappa shape index (κ3) is 6.21. The van der Waals surface area contributed by atoms with E-state index in [0.717, 1.165) is 64.9 Å². The van der Waals surface area contributed by atoms with Gasteiger partial charge < -0.3 is 31.5 Å². The molecular formula is C29H35N7O. The minimum absolute atomic E-state index is 0.362. The molecule has 1 aliphatic heterocycles. The molecule has 0 aliphatic carbocycles. The number of nitrogens with two attached hydrogens (primary N) is 1. The summed E-state index contributed by atoms with van der Waals surface area (Å²) >= 11 is 0. The number of nitrogens with one attached hydrogen (secondary N) is 3. The number of aldehydes is 1. The fraction of sp³-hybridized carbons (Fsp3) is 0.310. The molecule has 0 radical (unpaired) electrons. The van der Waals surface area contributed by atoms with Crippen LogP contribution in [0.5, 0.6) is 0 Å². The van der Waals surface area contributed by atoms with E-state index in [1.165, 1.54) is 5.56 Å². The zero-order chi connectivity index (χ0) is 26.5. The third-order valence-electron chi connectivity index (χ3n) is 6.85. The first-order valence-corrected chi connectivity index (χ1v) is 12.5. The highest BCUT2D eigenvalue weighted by atomic mass is 16.1. The first-order chi connectivity index (χ1) is 17.7. The van der Waals surface area contributed by atoms with Gasteiger partial charge in [0.15, 0.2) is 0 Å². The summed E-state index contributed by atoms with van der Waals surface area (Å²) in [4.78, 5) is 23.2. The number of benzene rings is 1. The number of fused-ring (bicyclic) bond motifs is 1. The van der Waals surface area contributed by atoms with Gasteiger partial charge in [0.25, 0.3) is 0 Å². The van der Waals surface area contributed by atoms with Crippen LogP contribution in [0.2, 0.25) is 0 Å². The second-order valence-corrected chi connectivity index (χ2v) is 9.84. The van der Waals surface area contributed by atoms with Crippen molar-refractivity contribution in [2.45, 2.75) is 45.2 Å². The fourth-order valence-electron chi connectivity index (χ4n) is 4.27. The summed E-state index contributed by atoms with van der Waals surface area (Å²) in [6, 6.07) is 12.0. The lowest BCUT2D eigenvalue weighted by atomic mass is 9.97. The normalized spacial score (nSPS) is 15.1.